The third-order valence-corrected chi connectivity index (χ3v) is 3.65. The molecule has 90 valence electrons. The first-order valence-corrected chi connectivity index (χ1v) is 7.16. The lowest BCUT2D eigenvalue weighted by atomic mass is 10.2. The quantitative estimate of drug-likeness (QED) is 0.668. The maximum Gasteiger partial charge on any atom is 0.0809 e. The normalized spacial score (nSPS) is 15.5. The van der Waals surface area contributed by atoms with Crippen LogP contribution in [-0.4, -0.2) is 19.2 Å². The van der Waals surface area contributed by atoms with E-state index < -0.39 is 0 Å². The van der Waals surface area contributed by atoms with Gasteiger partial charge >= 0.3 is 0 Å². The Labute approximate surface area is 102 Å². The molecule has 1 aliphatic carbocycles. The van der Waals surface area contributed by atoms with Crippen molar-refractivity contribution in [2.45, 2.75) is 44.8 Å². The molecule has 16 heavy (non-hydrogen) atoms. The molecule has 0 radical (unpaired) electrons. The van der Waals surface area contributed by atoms with Gasteiger partial charge in [0.2, 0.25) is 0 Å². The Morgan fingerprint density at radius 3 is 3.00 bits per heavy atom. The molecule has 0 saturated heterocycles. The van der Waals surface area contributed by atoms with Gasteiger partial charge in [-0.2, -0.15) is 0 Å². The first kappa shape index (κ1) is 12.1. The Morgan fingerprint density at radius 2 is 2.25 bits per heavy atom. The summed E-state index contributed by atoms with van der Waals surface area (Å²) in [5.74, 6) is 0. The van der Waals surface area contributed by atoms with Gasteiger partial charge in [0.25, 0.3) is 0 Å². The Kier molecular flexibility index (Phi) is 5.32. The van der Waals surface area contributed by atoms with Gasteiger partial charge in [-0.05, 0) is 50.1 Å². The fourth-order valence-corrected chi connectivity index (χ4v) is 2.31. The van der Waals surface area contributed by atoms with Crippen LogP contribution in [0, 0.1) is 0 Å². The number of unbranched alkanes of at least 4 members (excludes halogenated alkanes) is 2. The number of hydrogen-bond donors (Lipinski definition) is 1. The van der Waals surface area contributed by atoms with E-state index in [-0.39, 0.29) is 0 Å². The van der Waals surface area contributed by atoms with Crippen LogP contribution < -0.4 is 5.32 Å². The van der Waals surface area contributed by atoms with Crippen LogP contribution in [0.3, 0.4) is 0 Å². The summed E-state index contributed by atoms with van der Waals surface area (Å²) >= 11 is 1.77. The van der Waals surface area contributed by atoms with E-state index in [1.165, 1.54) is 43.5 Å². The zero-order valence-electron chi connectivity index (χ0n) is 9.78. The van der Waals surface area contributed by atoms with Gasteiger partial charge in [-0.15, -0.1) is 11.3 Å². The molecule has 0 aromatic carbocycles. The molecule has 1 aromatic rings. The molecule has 0 aliphatic heterocycles. The maximum absolute atomic E-state index is 5.61. The van der Waals surface area contributed by atoms with Gasteiger partial charge in [0.1, 0.15) is 0 Å². The lowest BCUT2D eigenvalue weighted by Crippen LogP contribution is -2.17. The van der Waals surface area contributed by atoms with Gasteiger partial charge in [-0.1, -0.05) is 6.07 Å². The molecule has 0 spiro atoms. The predicted octanol–water partition coefficient (Wildman–Crippen LogP) is 3.19. The number of rotatable bonds is 9. The second-order valence-corrected chi connectivity index (χ2v) is 5.45. The number of ether oxygens (including phenoxy) is 1. The molecule has 1 heterocycles. The van der Waals surface area contributed by atoms with Gasteiger partial charge in [0, 0.05) is 17.5 Å². The van der Waals surface area contributed by atoms with E-state index in [1.807, 2.05) is 0 Å². The summed E-state index contributed by atoms with van der Waals surface area (Å²) in [7, 11) is 0. The average Bonchev–Trinajstić information content (AvgIpc) is 2.97. The van der Waals surface area contributed by atoms with Gasteiger partial charge in [0.05, 0.1) is 6.61 Å². The molecule has 0 atom stereocenters. The van der Waals surface area contributed by atoms with Crippen molar-refractivity contribution in [1.82, 2.24) is 5.32 Å². The zero-order chi connectivity index (χ0) is 11.1. The average molecular weight is 239 g/mol. The van der Waals surface area contributed by atoms with Gasteiger partial charge in [-0.25, -0.2) is 0 Å². The summed E-state index contributed by atoms with van der Waals surface area (Å²) < 4.78 is 5.61. The molecule has 1 fully saturated rings. The molecule has 0 bridgehead atoms. The van der Waals surface area contributed by atoms with Gasteiger partial charge < -0.3 is 10.1 Å². The van der Waals surface area contributed by atoms with Crippen molar-refractivity contribution >= 4 is 11.3 Å². The topological polar surface area (TPSA) is 21.3 Å². The molecule has 2 nitrogen and oxygen atoms in total. The van der Waals surface area contributed by atoms with Crippen LogP contribution in [0.2, 0.25) is 0 Å². The second-order valence-electron chi connectivity index (χ2n) is 4.42. The third-order valence-electron chi connectivity index (χ3n) is 2.80. The SMILES string of the molecule is c1csc(COCCCCCNC2CC2)c1. The number of thiophene rings is 1. The maximum atomic E-state index is 5.61. The molecule has 0 amide bonds. The van der Waals surface area contributed by atoms with Crippen LogP contribution in [-0.2, 0) is 11.3 Å². The highest BCUT2D eigenvalue weighted by molar-refractivity contribution is 7.09. The van der Waals surface area contributed by atoms with E-state index in [0.29, 0.717) is 0 Å². The summed E-state index contributed by atoms with van der Waals surface area (Å²) in [5.41, 5.74) is 0. The predicted molar refractivity (Wildman–Crippen MR) is 68.9 cm³/mol. The fraction of sp³-hybridized carbons (Fsp3) is 0.692. The molecule has 2 rings (SSSR count). The van der Waals surface area contributed by atoms with Crippen molar-refractivity contribution < 1.29 is 4.74 Å². The van der Waals surface area contributed by atoms with Crippen LogP contribution in [0.4, 0.5) is 0 Å². The first-order valence-electron chi connectivity index (χ1n) is 6.28. The van der Waals surface area contributed by atoms with Crippen molar-refractivity contribution in [3.05, 3.63) is 22.4 Å². The van der Waals surface area contributed by atoms with Crippen LogP contribution >= 0.6 is 11.3 Å². The minimum Gasteiger partial charge on any atom is -0.376 e. The monoisotopic (exact) mass is 239 g/mol. The first-order chi connectivity index (χ1) is 7.95. The standard InChI is InChI=1S/C13H21NOS/c1(2-8-14-12-6-7-12)3-9-15-11-13-5-4-10-16-13/h4-5,10,12,14H,1-3,6-9,11H2. The minimum absolute atomic E-state index is 0.790. The Balaban J connectivity index is 1.34. The lowest BCUT2D eigenvalue weighted by Gasteiger charge is -2.03. The molecule has 3 heteroatoms. The fourth-order valence-electron chi connectivity index (χ4n) is 1.67. The summed E-state index contributed by atoms with van der Waals surface area (Å²) in [6.07, 6.45) is 6.55. The van der Waals surface area contributed by atoms with Crippen molar-refractivity contribution in [1.29, 1.82) is 0 Å². The third kappa shape index (κ3) is 5.10. The van der Waals surface area contributed by atoms with E-state index >= 15 is 0 Å². The minimum atomic E-state index is 0.790. The molecule has 0 unspecified atom stereocenters. The molecular weight excluding hydrogens is 218 g/mol. The number of nitrogens with one attached hydrogen (secondary N) is 1. The van der Waals surface area contributed by atoms with E-state index in [4.69, 9.17) is 4.74 Å². The van der Waals surface area contributed by atoms with Crippen LogP contribution in [0.1, 0.15) is 37.0 Å². The van der Waals surface area contributed by atoms with Crippen LogP contribution in [0.15, 0.2) is 17.5 Å². The molecule has 1 saturated carbocycles. The van der Waals surface area contributed by atoms with Crippen LogP contribution in [0.25, 0.3) is 0 Å². The number of hydrogen-bond acceptors (Lipinski definition) is 3. The van der Waals surface area contributed by atoms with E-state index in [2.05, 4.69) is 22.8 Å². The lowest BCUT2D eigenvalue weighted by molar-refractivity contribution is 0.119. The summed E-state index contributed by atoms with van der Waals surface area (Å²) in [4.78, 5) is 1.33. The summed E-state index contributed by atoms with van der Waals surface area (Å²) in [5, 5.41) is 5.63. The zero-order valence-corrected chi connectivity index (χ0v) is 10.6. The van der Waals surface area contributed by atoms with E-state index in [9.17, 15) is 0 Å². The van der Waals surface area contributed by atoms with E-state index in [1.54, 1.807) is 11.3 Å². The summed E-state index contributed by atoms with van der Waals surface area (Å²) in [6.45, 7) is 2.88. The smallest absolute Gasteiger partial charge is 0.0809 e. The second kappa shape index (κ2) is 7.05. The highest BCUT2D eigenvalue weighted by atomic mass is 32.1. The highest BCUT2D eigenvalue weighted by Gasteiger charge is 2.19. The Morgan fingerprint density at radius 1 is 1.31 bits per heavy atom. The molecule has 1 aliphatic rings. The van der Waals surface area contributed by atoms with Gasteiger partial charge in [-0.3, -0.25) is 0 Å². The van der Waals surface area contributed by atoms with Crippen molar-refractivity contribution in [2.75, 3.05) is 13.2 Å². The molecule has 1 N–H and O–H groups in total. The van der Waals surface area contributed by atoms with E-state index in [0.717, 1.165) is 19.3 Å². The summed E-state index contributed by atoms with van der Waals surface area (Å²) in [6, 6.07) is 5.06. The molecule has 1 aromatic heterocycles. The highest BCUT2D eigenvalue weighted by Crippen LogP contribution is 2.18. The van der Waals surface area contributed by atoms with Gasteiger partial charge in [0.15, 0.2) is 0 Å². The molecular formula is C13H21NOS. The largest absolute Gasteiger partial charge is 0.376 e. The van der Waals surface area contributed by atoms with Crippen LogP contribution in [0.5, 0.6) is 0 Å². The van der Waals surface area contributed by atoms with Crippen molar-refractivity contribution in [3.63, 3.8) is 0 Å². The Bertz CT molecular complexity index is 269. The van der Waals surface area contributed by atoms with Crippen molar-refractivity contribution in [2.24, 2.45) is 0 Å². The Hall–Kier alpha value is -0.380. The van der Waals surface area contributed by atoms with Crippen molar-refractivity contribution in [3.8, 4) is 0 Å².